The van der Waals surface area contributed by atoms with Gasteiger partial charge in [-0.3, -0.25) is 0 Å². The van der Waals surface area contributed by atoms with Crippen LogP contribution in [-0.2, 0) is 8.92 Å². The Labute approximate surface area is 67.0 Å². The van der Waals surface area contributed by atoms with E-state index in [2.05, 4.69) is 8.92 Å². The fourth-order valence-corrected chi connectivity index (χ4v) is 0.458. The van der Waals surface area contributed by atoms with Crippen molar-refractivity contribution < 1.29 is 35.3 Å². The molecule has 0 atom stereocenters. The Hall–Kier alpha value is -0.150. The van der Waals surface area contributed by atoms with Crippen LogP contribution in [0.4, 0.5) is 26.3 Å². The lowest BCUT2D eigenvalue weighted by Crippen LogP contribution is -2.30. The molecule has 0 unspecified atom stereocenters. The number of halogens is 6. The molecule has 0 fully saturated rings. The van der Waals surface area contributed by atoms with Crippen LogP contribution in [0.1, 0.15) is 0 Å². The standard InChI is InChI=1S/C3H2F6O2S/c4-1-12-11-3(8,9)10-2(5,6)7/h1H2. The van der Waals surface area contributed by atoms with Gasteiger partial charge in [0.2, 0.25) is 0 Å². The summed E-state index contributed by atoms with van der Waals surface area (Å²) in [6.45, 7) is 0. The van der Waals surface area contributed by atoms with E-state index in [-0.39, 0.29) is 0 Å². The first-order chi connectivity index (χ1) is 5.27. The first-order valence-corrected chi connectivity index (χ1v) is 3.19. The Morgan fingerprint density at radius 1 is 1.08 bits per heavy atom. The molecule has 0 aliphatic heterocycles. The van der Waals surface area contributed by atoms with Crippen molar-refractivity contribution in [1.82, 2.24) is 0 Å². The summed E-state index contributed by atoms with van der Waals surface area (Å²) < 4.78 is 73.1. The summed E-state index contributed by atoms with van der Waals surface area (Å²) in [4.78, 5) is 0. The highest BCUT2D eigenvalue weighted by Gasteiger charge is 2.47. The minimum absolute atomic E-state index is 0.486. The topological polar surface area (TPSA) is 18.5 Å². The van der Waals surface area contributed by atoms with Crippen LogP contribution in [0.2, 0.25) is 0 Å². The van der Waals surface area contributed by atoms with Crippen LogP contribution in [0.3, 0.4) is 0 Å². The molecule has 0 radical (unpaired) electrons. The van der Waals surface area contributed by atoms with Gasteiger partial charge in [0.25, 0.3) is 0 Å². The fourth-order valence-electron chi connectivity index (χ4n) is 0.243. The van der Waals surface area contributed by atoms with E-state index in [1.807, 2.05) is 0 Å². The van der Waals surface area contributed by atoms with E-state index in [0.29, 0.717) is 0 Å². The van der Waals surface area contributed by atoms with Crippen molar-refractivity contribution in [2.24, 2.45) is 0 Å². The smallest absolute Gasteiger partial charge is 0.237 e. The van der Waals surface area contributed by atoms with Crippen molar-refractivity contribution in [1.29, 1.82) is 0 Å². The third-order valence-electron chi connectivity index (χ3n) is 0.435. The Bertz CT molecular complexity index is 135. The molecule has 0 N–H and O–H groups in total. The van der Waals surface area contributed by atoms with Gasteiger partial charge in [-0.1, -0.05) is 0 Å². The Morgan fingerprint density at radius 3 is 1.92 bits per heavy atom. The molecule has 2 nitrogen and oxygen atoms in total. The molecule has 0 heterocycles. The molecule has 0 aromatic heterocycles. The van der Waals surface area contributed by atoms with Crippen molar-refractivity contribution >= 4 is 12.0 Å². The first kappa shape index (κ1) is 11.8. The lowest BCUT2D eigenvalue weighted by atomic mass is 11.2. The van der Waals surface area contributed by atoms with Gasteiger partial charge in [0.1, 0.15) is 0 Å². The van der Waals surface area contributed by atoms with Crippen LogP contribution < -0.4 is 0 Å². The zero-order chi connectivity index (χ0) is 9.83. The van der Waals surface area contributed by atoms with E-state index >= 15 is 0 Å². The van der Waals surface area contributed by atoms with Gasteiger partial charge in [-0.15, -0.1) is 22.0 Å². The van der Waals surface area contributed by atoms with E-state index < -0.39 is 30.7 Å². The van der Waals surface area contributed by atoms with Crippen molar-refractivity contribution in [2.45, 2.75) is 12.7 Å². The molecule has 0 bridgehead atoms. The quantitative estimate of drug-likeness (QED) is 0.409. The second-order valence-electron chi connectivity index (χ2n) is 1.32. The van der Waals surface area contributed by atoms with Gasteiger partial charge < -0.3 is 0 Å². The van der Waals surface area contributed by atoms with Crippen LogP contribution in [-0.4, -0.2) is 18.7 Å². The molecule has 0 rings (SSSR count). The second kappa shape index (κ2) is 4.19. The maximum Gasteiger partial charge on any atom is 0.529 e. The molecule has 9 heteroatoms. The highest BCUT2D eigenvalue weighted by molar-refractivity contribution is 7.94. The third-order valence-corrected chi connectivity index (χ3v) is 0.836. The lowest BCUT2D eigenvalue weighted by molar-refractivity contribution is -0.474. The molecule has 0 saturated carbocycles. The number of hydrogen-bond donors (Lipinski definition) is 0. The Balaban J connectivity index is 3.86. The van der Waals surface area contributed by atoms with Crippen LogP contribution in [0, 0.1) is 0 Å². The van der Waals surface area contributed by atoms with Crippen molar-refractivity contribution in [3.63, 3.8) is 0 Å². The normalized spacial score (nSPS) is 13.5. The SMILES string of the molecule is FCSOC(F)(F)OC(F)(F)F. The van der Waals surface area contributed by atoms with Gasteiger partial charge in [0.05, 0.1) is 0 Å². The molecule has 0 aliphatic rings. The predicted molar refractivity (Wildman–Crippen MR) is 26.7 cm³/mol. The second-order valence-corrected chi connectivity index (χ2v) is 1.94. The molecule has 0 aliphatic carbocycles. The summed E-state index contributed by atoms with van der Waals surface area (Å²) >= 11 is -0.486. The predicted octanol–water partition coefficient (Wildman–Crippen LogP) is 2.66. The molecule has 0 aromatic rings. The average molecular weight is 216 g/mol. The summed E-state index contributed by atoms with van der Waals surface area (Å²) in [5.41, 5.74) is 0. The number of ether oxygens (including phenoxy) is 1. The van der Waals surface area contributed by atoms with Gasteiger partial charge in [0.15, 0.2) is 6.01 Å². The van der Waals surface area contributed by atoms with Crippen molar-refractivity contribution in [3.05, 3.63) is 0 Å². The van der Waals surface area contributed by atoms with E-state index in [0.717, 1.165) is 0 Å². The van der Waals surface area contributed by atoms with Gasteiger partial charge in [-0.05, 0) is 0 Å². The van der Waals surface area contributed by atoms with Gasteiger partial charge >= 0.3 is 12.7 Å². The van der Waals surface area contributed by atoms with E-state index in [1.165, 1.54) is 0 Å². The van der Waals surface area contributed by atoms with Crippen LogP contribution in [0.25, 0.3) is 0 Å². The molecule has 0 amide bonds. The summed E-state index contributed by atoms with van der Waals surface area (Å²) in [5.74, 6) is 0. The zero-order valence-corrected chi connectivity index (χ0v) is 6.02. The largest absolute Gasteiger partial charge is 0.529 e. The molecule has 0 aromatic carbocycles. The average Bonchev–Trinajstić information content (AvgIpc) is 1.78. The van der Waals surface area contributed by atoms with Gasteiger partial charge in [0, 0.05) is 12.0 Å². The van der Waals surface area contributed by atoms with Crippen molar-refractivity contribution in [2.75, 3.05) is 6.01 Å². The lowest BCUT2D eigenvalue weighted by Gasteiger charge is -2.15. The molecule has 74 valence electrons. The fraction of sp³-hybridized carbons (Fsp3) is 1.00. The maximum atomic E-state index is 11.8. The van der Waals surface area contributed by atoms with Gasteiger partial charge in [-0.25, -0.2) is 8.57 Å². The minimum Gasteiger partial charge on any atom is -0.237 e. The van der Waals surface area contributed by atoms with Crippen molar-refractivity contribution in [3.8, 4) is 0 Å². The molecular formula is C3H2F6O2S. The molecular weight excluding hydrogens is 214 g/mol. The van der Waals surface area contributed by atoms with Crippen LogP contribution in [0.15, 0.2) is 0 Å². The summed E-state index contributed by atoms with van der Waals surface area (Å²) in [6, 6.07) is -1.41. The number of rotatable bonds is 4. The summed E-state index contributed by atoms with van der Waals surface area (Å²) in [6.07, 6.45) is -10.4. The summed E-state index contributed by atoms with van der Waals surface area (Å²) in [5, 5.41) is 0. The van der Waals surface area contributed by atoms with E-state index in [4.69, 9.17) is 0 Å². The molecule has 12 heavy (non-hydrogen) atoms. The zero-order valence-electron chi connectivity index (χ0n) is 5.20. The highest BCUT2D eigenvalue weighted by atomic mass is 32.2. The van der Waals surface area contributed by atoms with Gasteiger partial charge in [-0.2, -0.15) is 4.74 Å². The van der Waals surface area contributed by atoms with E-state index in [9.17, 15) is 26.3 Å². The first-order valence-electron chi connectivity index (χ1n) is 2.28. The maximum absolute atomic E-state index is 11.8. The monoisotopic (exact) mass is 216 g/mol. The third kappa shape index (κ3) is 6.55. The Kier molecular flexibility index (Phi) is 4.14. The molecule has 0 spiro atoms. The summed E-state index contributed by atoms with van der Waals surface area (Å²) in [7, 11) is 0. The van der Waals surface area contributed by atoms with E-state index in [1.54, 1.807) is 0 Å². The highest BCUT2D eigenvalue weighted by Crippen LogP contribution is 2.31. The minimum atomic E-state index is -5.53. The van der Waals surface area contributed by atoms with Crippen LogP contribution in [0.5, 0.6) is 0 Å². The molecule has 0 saturated heterocycles. The number of alkyl halides is 6. The Morgan fingerprint density at radius 2 is 1.58 bits per heavy atom. The van der Waals surface area contributed by atoms with Crippen LogP contribution >= 0.6 is 12.0 Å². The number of hydrogen-bond acceptors (Lipinski definition) is 3.